The van der Waals surface area contributed by atoms with Crippen LogP contribution in [0.5, 0.6) is 0 Å². The lowest BCUT2D eigenvalue weighted by Crippen LogP contribution is -2.48. The molecule has 0 aliphatic carbocycles. The zero-order valence-electron chi connectivity index (χ0n) is 26.6. The van der Waals surface area contributed by atoms with Gasteiger partial charge in [-0.15, -0.1) is 0 Å². The van der Waals surface area contributed by atoms with Gasteiger partial charge in [0.2, 0.25) is 9.84 Å². The minimum atomic E-state index is -3.90. The minimum absolute atomic E-state index is 0.0423. The first-order valence-corrected chi connectivity index (χ1v) is 17.1. The third-order valence-corrected chi connectivity index (χ3v) is 9.74. The molecule has 3 aromatic carbocycles. The van der Waals surface area contributed by atoms with Gasteiger partial charge in [-0.1, -0.05) is 35.9 Å². The van der Waals surface area contributed by atoms with Crippen LogP contribution in [-0.2, 0) is 30.5 Å². The van der Waals surface area contributed by atoms with E-state index in [0.717, 1.165) is 30.4 Å². The summed E-state index contributed by atoms with van der Waals surface area (Å²) in [6.07, 6.45) is 1.78. The lowest BCUT2D eigenvalue weighted by Gasteiger charge is -2.38. The summed E-state index contributed by atoms with van der Waals surface area (Å²) in [5.74, 6) is -0.734. The molecule has 248 valence electrons. The molecule has 1 saturated heterocycles. The van der Waals surface area contributed by atoms with Crippen LogP contribution in [0.3, 0.4) is 0 Å². The van der Waals surface area contributed by atoms with Crippen molar-refractivity contribution >= 4 is 39.1 Å². The lowest BCUT2D eigenvalue weighted by molar-refractivity contribution is -0.194. The molecule has 4 rings (SSSR count). The van der Waals surface area contributed by atoms with Gasteiger partial charge in [-0.3, -0.25) is 4.79 Å². The monoisotopic (exact) mass is 671 g/mol. The molecule has 0 aromatic heterocycles. The van der Waals surface area contributed by atoms with Gasteiger partial charge in [0.1, 0.15) is 6.10 Å². The van der Waals surface area contributed by atoms with Crippen molar-refractivity contribution in [2.75, 3.05) is 32.1 Å². The standard InChI is InChI=1S/C34H42ClN3O7S/c1-34(2,3)38(22-30(24-8-7-9-25(35)20-24)45-31-10-5-6-18-43-31)33(40)44-19-17-23-11-13-26(14-12-23)46(41,42)27-15-16-29(37-4)28(21-27)32(36)39/h7-9,11-16,20-21,30-31,37H,5-6,10,17-19,22H2,1-4H3,(H2,36,39)/t30-,31?/m0/s1. The first kappa shape index (κ1) is 35.2. The summed E-state index contributed by atoms with van der Waals surface area (Å²) in [5.41, 5.74) is 6.99. The Balaban J connectivity index is 1.42. The van der Waals surface area contributed by atoms with Crippen LogP contribution in [-0.4, -0.2) is 64.0 Å². The number of amides is 2. The second-order valence-corrected chi connectivity index (χ2v) is 14.5. The maximum atomic E-state index is 13.4. The number of anilines is 1. The number of nitrogens with two attached hydrogens (primary N) is 1. The largest absolute Gasteiger partial charge is 0.449 e. The van der Waals surface area contributed by atoms with Gasteiger partial charge in [0.25, 0.3) is 5.91 Å². The smallest absolute Gasteiger partial charge is 0.410 e. The summed E-state index contributed by atoms with van der Waals surface area (Å²) in [6.45, 7) is 6.72. The van der Waals surface area contributed by atoms with E-state index in [1.165, 1.54) is 30.3 Å². The van der Waals surface area contributed by atoms with Crippen molar-refractivity contribution in [2.24, 2.45) is 5.73 Å². The van der Waals surface area contributed by atoms with Crippen molar-refractivity contribution in [2.45, 2.75) is 74.2 Å². The Hall–Kier alpha value is -3.64. The molecule has 46 heavy (non-hydrogen) atoms. The second kappa shape index (κ2) is 15.3. The number of hydrogen-bond acceptors (Lipinski definition) is 8. The van der Waals surface area contributed by atoms with Gasteiger partial charge in [-0.05, 0) is 93.6 Å². The fourth-order valence-corrected chi connectivity index (χ4v) is 6.63. The van der Waals surface area contributed by atoms with Crippen LogP contribution in [0.2, 0.25) is 5.02 Å². The molecular formula is C34H42ClN3O7S. The first-order chi connectivity index (χ1) is 21.8. The molecule has 1 fully saturated rings. The number of halogens is 1. The number of rotatable bonds is 12. The van der Waals surface area contributed by atoms with E-state index < -0.39 is 33.5 Å². The Morgan fingerprint density at radius 2 is 1.78 bits per heavy atom. The Kier molecular flexibility index (Phi) is 11.7. The summed E-state index contributed by atoms with van der Waals surface area (Å²) < 4.78 is 44.4. The van der Waals surface area contributed by atoms with Gasteiger partial charge in [0, 0.05) is 36.3 Å². The fourth-order valence-electron chi connectivity index (χ4n) is 5.14. The molecule has 1 aliphatic rings. The Bertz CT molecular complexity index is 1620. The molecule has 1 heterocycles. The number of carbonyl (C=O) groups excluding carboxylic acids is 2. The predicted octanol–water partition coefficient (Wildman–Crippen LogP) is 6.38. The van der Waals surface area contributed by atoms with Gasteiger partial charge < -0.3 is 30.2 Å². The molecule has 1 unspecified atom stereocenters. The van der Waals surface area contributed by atoms with Crippen LogP contribution in [0.25, 0.3) is 0 Å². The van der Waals surface area contributed by atoms with Gasteiger partial charge in [-0.2, -0.15) is 0 Å². The SMILES string of the molecule is CNc1ccc(S(=O)(=O)c2ccc(CCOC(=O)N(C[C@H](OC3CCCCO3)c3cccc(Cl)c3)C(C)(C)C)cc2)cc1C(N)=O. The second-order valence-electron chi connectivity index (χ2n) is 12.1. The molecule has 2 amide bonds. The molecule has 1 aliphatic heterocycles. The number of carbonyl (C=O) groups is 2. The molecule has 3 N–H and O–H groups in total. The maximum Gasteiger partial charge on any atom is 0.410 e. The van der Waals surface area contributed by atoms with Gasteiger partial charge in [0.05, 0.1) is 28.5 Å². The van der Waals surface area contributed by atoms with Crippen molar-refractivity contribution in [3.8, 4) is 0 Å². The average Bonchev–Trinajstić information content (AvgIpc) is 3.02. The number of primary amides is 1. The number of nitrogens with zero attached hydrogens (tertiary/aromatic N) is 1. The topological polar surface area (TPSA) is 137 Å². The number of nitrogens with one attached hydrogen (secondary N) is 1. The van der Waals surface area contributed by atoms with E-state index in [0.29, 0.717) is 23.7 Å². The highest BCUT2D eigenvalue weighted by Gasteiger charge is 2.33. The van der Waals surface area contributed by atoms with Crippen molar-refractivity contribution in [1.82, 2.24) is 4.90 Å². The van der Waals surface area contributed by atoms with Crippen LogP contribution in [0, 0.1) is 0 Å². The summed E-state index contributed by atoms with van der Waals surface area (Å²) in [7, 11) is -2.29. The van der Waals surface area contributed by atoms with Crippen molar-refractivity contribution in [3.63, 3.8) is 0 Å². The predicted molar refractivity (Wildman–Crippen MR) is 177 cm³/mol. The van der Waals surface area contributed by atoms with Crippen LogP contribution in [0.15, 0.2) is 76.5 Å². The number of ether oxygens (including phenoxy) is 3. The molecule has 10 nitrogen and oxygen atoms in total. The zero-order chi connectivity index (χ0) is 33.5. The highest BCUT2D eigenvalue weighted by atomic mass is 35.5. The molecule has 3 aromatic rings. The molecule has 12 heteroatoms. The van der Waals surface area contributed by atoms with Crippen LogP contribution in [0.4, 0.5) is 10.5 Å². The number of hydrogen-bond donors (Lipinski definition) is 2. The molecular weight excluding hydrogens is 630 g/mol. The van der Waals surface area contributed by atoms with Crippen LogP contribution >= 0.6 is 11.6 Å². The lowest BCUT2D eigenvalue weighted by atomic mass is 10.0. The van der Waals surface area contributed by atoms with Crippen molar-refractivity contribution in [3.05, 3.63) is 88.4 Å². The quantitative estimate of drug-likeness (QED) is 0.226. The Morgan fingerprint density at radius 3 is 2.39 bits per heavy atom. The van der Waals surface area contributed by atoms with Crippen molar-refractivity contribution in [1.29, 1.82) is 0 Å². The van der Waals surface area contributed by atoms with E-state index in [4.69, 9.17) is 31.5 Å². The molecule has 0 spiro atoms. The van der Waals surface area contributed by atoms with Crippen molar-refractivity contribution < 1.29 is 32.2 Å². The number of sulfone groups is 1. The maximum absolute atomic E-state index is 13.4. The number of benzene rings is 3. The third kappa shape index (κ3) is 9.00. The van der Waals surface area contributed by atoms with E-state index in [1.54, 1.807) is 30.1 Å². The summed E-state index contributed by atoms with van der Waals surface area (Å²) in [4.78, 5) is 26.9. The van der Waals surface area contributed by atoms with Crippen LogP contribution in [0.1, 0.15) is 67.6 Å². The van der Waals surface area contributed by atoms with E-state index >= 15 is 0 Å². The molecule has 0 radical (unpaired) electrons. The highest BCUT2D eigenvalue weighted by molar-refractivity contribution is 7.91. The van der Waals surface area contributed by atoms with Gasteiger partial charge in [-0.25, -0.2) is 13.2 Å². The summed E-state index contributed by atoms with van der Waals surface area (Å²) in [5, 5.41) is 3.40. The Morgan fingerprint density at radius 1 is 1.07 bits per heavy atom. The van der Waals surface area contributed by atoms with Gasteiger partial charge >= 0.3 is 6.09 Å². The zero-order valence-corrected chi connectivity index (χ0v) is 28.2. The van der Waals surface area contributed by atoms with E-state index in [2.05, 4.69) is 5.32 Å². The summed E-state index contributed by atoms with van der Waals surface area (Å²) >= 11 is 6.30. The fraction of sp³-hybridized carbons (Fsp3) is 0.412. The molecule has 0 bridgehead atoms. The molecule has 2 atom stereocenters. The van der Waals surface area contributed by atoms with E-state index in [9.17, 15) is 18.0 Å². The van der Waals surface area contributed by atoms with E-state index in [1.807, 2.05) is 39.0 Å². The summed E-state index contributed by atoms with van der Waals surface area (Å²) in [6, 6.07) is 17.9. The first-order valence-electron chi connectivity index (χ1n) is 15.2. The van der Waals surface area contributed by atoms with E-state index in [-0.39, 0.29) is 34.8 Å². The average molecular weight is 672 g/mol. The van der Waals surface area contributed by atoms with Crippen LogP contribution < -0.4 is 11.1 Å². The third-order valence-electron chi connectivity index (χ3n) is 7.74. The highest BCUT2D eigenvalue weighted by Crippen LogP contribution is 2.30. The van der Waals surface area contributed by atoms with Gasteiger partial charge in [0.15, 0.2) is 6.29 Å². The normalized spacial score (nSPS) is 16.0. The Labute approximate surface area is 276 Å². The minimum Gasteiger partial charge on any atom is -0.449 e. The molecule has 0 saturated carbocycles.